The van der Waals surface area contributed by atoms with E-state index >= 15 is 0 Å². The van der Waals surface area contributed by atoms with Crippen molar-refractivity contribution in [2.45, 2.75) is 26.2 Å². The maximum Gasteiger partial charge on any atom is 0.333 e. The summed E-state index contributed by atoms with van der Waals surface area (Å²) in [6.07, 6.45) is 1.13. The zero-order valence-electron chi connectivity index (χ0n) is 18.4. The number of hydrogen-bond acceptors (Lipinski definition) is 5. The molecule has 34 heavy (non-hydrogen) atoms. The van der Waals surface area contributed by atoms with E-state index in [1.165, 1.54) is 41.4 Å². The molecule has 0 unspecified atom stereocenters. The molecule has 1 atom stereocenters. The fraction of sp³-hybridized carbons (Fsp3) is 0.160. The van der Waals surface area contributed by atoms with Crippen LogP contribution in [0.2, 0.25) is 0 Å². The number of aryl methyl sites for hydroxylation is 2. The Labute approximate surface area is 194 Å². The number of rotatable bonds is 5. The average Bonchev–Trinajstić information content (AvgIpc) is 2.79. The monoisotopic (exact) mass is 460 g/mol. The molecule has 2 amide bonds. The number of carboxylic acids is 1. The second-order valence-electron chi connectivity index (χ2n) is 8.07. The molecule has 172 valence electrons. The highest BCUT2D eigenvalue weighted by atomic mass is 19.1. The first-order valence-corrected chi connectivity index (χ1v) is 10.4. The SMILES string of the molecule is Cc1ccc(-c2cc(C(N)=O)c(C)cc2N2C=C(C(=O)O)[C@H](c3ccc(F)cc3)CC2=O)nn1. The van der Waals surface area contributed by atoms with E-state index in [0.29, 0.717) is 33.8 Å². The van der Waals surface area contributed by atoms with E-state index in [2.05, 4.69) is 10.2 Å². The second kappa shape index (κ2) is 8.86. The molecule has 1 aromatic heterocycles. The van der Waals surface area contributed by atoms with Gasteiger partial charge in [-0.1, -0.05) is 12.1 Å². The van der Waals surface area contributed by atoms with Crippen LogP contribution >= 0.6 is 0 Å². The molecule has 0 bridgehead atoms. The Bertz CT molecular complexity index is 1330. The smallest absolute Gasteiger partial charge is 0.333 e. The number of carbonyl (C=O) groups is 3. The van der Waals surface area contributed by atoms with E-state index in [-0.39, 0.29) is 23.5 Å². The number of carboxylic acid groups (broad SMARTS) is 1. The second-order valence-corrected chi connectivity index (χ2v) is 8.07. The number of aliphatic carboxylic acids is 1. The lowest BCUT2D eigenvalue weighted by Crippen LogP contribution is -2.35. The van der Waals surface area contributed by atoms with Gasteiger partial charge in [0.2, 0.25) is 11.8 Å². The molecule has 0 aliphatic carbocycles. The topological polar surface area (TPSA) is 126 Å². The van der Waals surface area contributed by atoms with Crippen molar-refractivity contribution in [1.29, 1.82) is 0 Å². The highest BCUT2D eigenvalue weighted by molar-refractivity contribution is 6.06. The van der Waals surface area contributed by atoms with Gasteiger partial charge < -0.3 is 10.8 Å². The fourth-order valence-electron chi connectivity index (χ4n) is 3.99. The molecule has 2 heterocycles. The number of halogens is 1. The van der Waals surface area contributed by atoms with Gasteiger partial charge in [-0.2, -0.15) is 10.2 Å². The van der Waals surface area contributed by atoms with Crippen LogP contribution in [0, 0.1) is 19.7 Å². The minimum Gasteiger partial charge on any atom is -0.478 e. The molecule has 0 saturated carbocycles. The van der Waals surface area contributed by atoms with Gasteiger partial charge in [-0.05, 0) is 61.4 Å². The number of amides is 2. The first-order valence-electron chi connectivity index (χ1n) is 10.4. The van der Waals surface area contributed by atoms with Crippen LogP contribution in [0.5, 0.6) is 0 Å². The van der Waals surface area contributed by atoms with Crippen molar-refractivity contribution in [3.05, 3.63) is 88.5 Å². The van der Waals surface area contributed by atoms with Gasteiger partial charge in [0.25, 0.3) is 0 Å². The predicted molar refractivity (Wildman–Crippen MR) is 122 cm³/mol. The number of primary amides is 1. The van der Waals surface area contributed by atoms with Crippen LogP contribution in [0.4, 0.5) is 10.1 Å². The summed E-state index contributed by atoms with van der Waals surface area (Å²) in [5.74, 6) is -3.41. The van der Waals surface area contributed by atoms with Crippen molar-refractivity contribution in [2.75, 3.05) is 4.90 Å². The van der Waals surface area contributed by atoms with Crippen molar-refractivity contribution in [3.63, 3.8) is 0 Å². The quantitative estimate of drug-likeness (QED) is 0.600. The first kappa shape index (κ1) is 22.8. The van der Waals surface area contributed by atoms with Crippen LogP contribution in [0.15, 0.2) is 60.3 Å². The van der Waals surface area contributed by atoms with Gasteiger partial charge in [0.05, 0.1) is 22.6 Å². The molecule has 2 aromatic carbocycles. The molecule has 1 aliphatic rings. The molecule has 1 aliphatic heterocycles. The standard InChI is InChI=1S/C25H21FN4O4/c1-13-9-22(19(10-17(13)24(27)32)21-8-3-14(2)28-29-21)30-12-20(25(33)34)18(11-23(30)31)15-4-6-16(26)7-5-15/h3-10,12,18H,11H2,1-2H3,(H2,27,32)(H,33,34)/t18-/m0/s1. The third-order valence-corrected chi connectivity index (χ3v) is 5.75. The summed E-state index contributed by atoms with van der Waals surface area (Å²) in [7, 11) is 0. The predicted octanol–water partition coefficient (Wildman–Crippen LogP) is 3.49. The van der Waals surface area contributed by atoms with Crippen LogP contribution in [-0.2, 0) is 9.59 Å². The van der Waals surface area contributed by atoms with Gasteiger partial charge in [-0.3, -0.25) is 14.5 Å². The summed E-state index contributed by atoms with van der Waals surface area (Å²) in [5.41, 5.74) is 8.61. The lowest BCUT2D eigenvalue weighted by atomic mass is 9.85. The summed E-state index contributed by atoms with van der Waals surface area (Å²) >= 11 is 0. The number of benzene rings is 2. The van der Waals surface area contributed by atoms with Gasteiger partial charge in [0, 0.05) is 29.7 Å². The Morgan fingerprint density at radius 3 is 2.38 bits per heavy atom. The van der Waals surface area contributed by atoms with Crippen LogP contribution in [0.25, 0.3) is 11.3 Å². The summed E-state index contributed by atoms with van der Waals surface area (Å²) in [6, 6.07) is 12.0. The van der Waals surface area contributed by atoms with Gasteiger partial charge in [-0.15, -0.1) is 0 Å². The van der Waals surface area contributed by atoms with Crippen molar-refractivity contribution in [2.24, 2.45) is 5.73 Å². The highest BCUT2D eigenvalue weighted by Crippen LogP contribution is 2.39. The number of carbonyl (C=O) groups excluding carboxylic acids is 2. The van der Waals surface area contributed by atoms with Crippen LogP contribution in [0.1, 0.15) is 39.5 Å². The molecule has 9 heteroatoms. The van der Waals surface area contributed by atoms with E-state index in [1.807, 2.05) is 0 Å². The zero-order chi connectivity index (χ0) is 24.6. The van der Waals surface area contributed by atoms with E-state index in [4.69, 9.17) is 5.73 Å². The van der Waals surface area contributed by atoms with Crippen molar-refractivity contribution in [1.82, 2.24) is 10.2 Å². The third-order valence-electron chi connectivity index (χ3n) is 5.75. The Morgan fingerprint density at radius 1 is 1.09 bits per heavy atom. The van der Waals surface area contributed by atoms with Gasteiger partial charge in [-0.25, -0.2) is 9.18 Å². The van der Waals surface area contributed by atoms with Gasteiger partial charge in [0.15, 0.2) is 0 Å². The van der Waals surface area contributed by atoms with E-state index < -0.39 is 23.6 Å². The van der Waals surface area contributed by atoms with Crippen molar-refractivity contribution >= 4 is 23.5 Å². The minimum absolute atomic E-state index is 0.0243. The van der Waals surface area contributed by atoms with Crippen LogP contribution < -0.4 is 10.6 Å². The van der Waals surface area contributed by atoms with E-state index in [1.54, 1.807) is 32.0 Å². The van der Waals surface area contributed by atoms with Gasteiger partial charge in [0.1, 0.15) is 5.82 Å². The minimum atomic E-state index is -1.20. The van der Waals surface area contributed by atoms with Gasteiger partial charge >= 0.3 is 5.97 Å². The maximum atomic E-state index is 13.4. The first-order chi connectivity index (χ1) is 16.2. The maximum absolute atomic E-state index is 13.4. The average molecular weight is 460 g/mol. The molecule has 0 saturated heterocycles. The molecule has 4 rings (SSSR count). The van der Waals surface area contributed by atoms with Crippen LogP contribution in [0.3, 0.4) is 0 Å². The Morgan fingerprint density at radius 2 is 1.79 bits per heavy atom. The summed E-state index contributed by atoms with van der Waals surface area (Å²) in [4.78, 5) is 38.6. The molecule has 0 radical (unpaired) electrons. The largest absolute Gasteiger partial charge is 0.478 e. The fourth-order valence-corrected chi connectivity index (χ4v) is 3.99. The normalized spacial score (nSPS) is 15.7. The summed E-state index contributed by atoms with van der Waals surface area (Å²) in [5, 5.41) is 18.1. The van der Waals surface area contributed by atoms with E-state index in [9.17, 15) is 23.9 Å². The number of hydrogen-bond donors (Lipinski definition) is 2. The molecule has 3 N–H and O–H groups in total. The van der Waals surface area contributed by atoms with E-state index in [0.717, 1.165) is 0 Å². The number of anilines is 1. The molecular weight excluding hydrogens is 439 g/mol. The molecule has 0 spiro atoms. The number of nitrogens with two attached hydrogens (primary N) is 1. The molecule has 0 fully saturated rings. The lowest BCUT2D eigenvalue weighted by Gasteiger charge is -2.31. The molecule has 8 nitrogen and oxygen atoms in total. The third kappa shape index (κ3) is 4.27. The summed E-state index contributed by atoms with van der Waals surface area (Å²) in [6.45, 7) is 3.44. The molecular formula is C25H21FN4O4. The molecule has 3 aromatic rings. The van der Waals surface area contributed by atoms with Crippen molar-refractivity contribution < 1.29 is 23.9 Å². The Kier molecular flexibility index (Phi) is 5.93. The number of nitrogens with zero attached hydrogens (tertiary/aromatic N) is 3. The van der Waals surface area contributed by atoms with Crippen LogP contribution in [-0.4, -0.2) is 33.1 Å². The highest BCUT2D eigenvalue weighted by Gasteiger charge is 2.34. The Balaban J connectivity index is 1.89. The Hall–Kier alpha value is -4.40. The number of aromatic nitrogens is 2. The zero-order valence-corrected chi connectivity index (χ0v) is 18.4. The van der Waals surface area contributed by atoms with Crippen molar-refractivity contribution in [3.8, 4) is 11.3 Å². The lowest BCUT2D eigenvalue weighted by molar-refractivity contribution is -0.133. The summed E-state index contributed by atoms with van der Waals surface area (Å²) < 4.78 is 13.4.